The van der Waals surface area contributed by atoms with E-state index in [1.807, 2.05) is 24.1 Å². The quantitative estimate of drug-likeness (QED) is 0.807. The van der Waals surface area contributed by atoms with Crippen molar-refractivity contribution < 1.29 is 9.59 Å². The van der Waals surface area contributed by atoms with Crippen LogP contribution in [-0.2, 0) is 11.3 Å². The molecule has 0 radical (unpaired) electrons. The average Bonchev–Trinajstić information content (AvgIpc) is 2.58. The molecule has 0 aromatic heterocycles. The van der Waals surface area contributed by atoms with E-state index in [1.165, 1.54) is 0 Å². The molecule has 132 valence electrons. The number of carbonyl (C=O) groups excluding carboxylic acids is 2. The third kappa shape index (κ3) is 5.46. The highest BCUT2D eigenvalue weighted by Gasteiger charge is 2.11. The van der Waals surface area contributed by atoms with E-state index in [-0.39, 0.29) is 18.4 Å². The largest absolute Gasteiger partial charge is 0.355 e. The van der Waals surface area contributed by atoms with Crippen LogP contribution in [0.25, 0.3) is 0 Å². The number of nitrogens with one attached hydrogen (secondary N) is 2. The molecule has 0 heterocycles. The lowest BCUT2D eigenvalue weighted by Crippen LogP contribution is -2.30. The van der Waals surface area contributed by atoms with Crippen molar-refractivity contribution in [3.8, 4) is 0 Å². The lowest BCUT2D eigenvalue weighted by molar-refractivity contribution is -0.117. The van der Waals surface area contributed by atoms with Gasteiger partial charge in [0.05, 0.1) is 22.3 Å². The summed E-state index contributed by atoms with van der Waals surface area (Å²) in [4.78, 5) is 25.5. The first-order chi connectivity index (χ1) is 11.9. The zero-order chi connectivity index (χ0) is 18.4. The normalized spacial score (nSPS) is 10.6. The monoisotopic (exact) mass is 379 g/mol. The van der Waals surface area contributed by atoms with Crippen molar-refractivity contribution >= 4 is 40.7 Å². The van der Waals surface area contributed by atoms with Gasteiger partial charge in [0.1, 0.15) is 0 Å². The van der Waals surface area contributed by atoms with Gasteiger partial charge in [-0.25, -0.2) is 0 Å². The molecular weight excluding hydrogens is 361 g/mol. The van der Waals surface area contributed by atoms with E-state index in [1.54, 1.807) is 37.4 Å². The standard InChI is InChI=1S/C18H19Cl2N3O2/c1-21-18(25)13-8-6-12(7-9-13)10-23(2)11-16(24)22-15-5-3-4-14(19)17(15)20/h3-9H,10-11H2,1-2H3,(H,21,25)(H,22,24). The smallest absolute Gasteiger partial charge is 0.251 e. The number of carbonyl (C=O) groups is 2. The van der Waals surface area contributed by atoms with E-state index >= 15 is 0 Å². The molecule has 0 saturated carbocycles. The number of hydrogen-bond donors (Lipinski definition) is 2. The fraction of sp³-hybridized carbons (Fsp3) is 0.222. The highest BCUT2D eigenvalue weighted by Crippen LogP contribution is 2.29. The number of amides is 2. The van der Waals surface area contributed by atoms with Crippen molar-refractivity contribution in [1.29, 1.82) is 0 Å². The summed E-state index contributed by atoms with van der Waals surface area (Å²) in [5.74, 6) is -0.314. The minimum atomic E-state index is -0.186. The van der Waals surface area contributed by atoms with Gasteiger partial charge in [-0.1, -0.05) is 41.4 Å². The van der Waals surface area contributed by atoms with Gasteiger partial charge in [-0.05, 0) is 36.9 Å². The number of halogens is 2. The van der Waals surface area contributed by atoms with Gasteiger partial charge < -0.3 is 10.6 Å². The van der Waals surface area contributed by atoms with Crippen molar-refractivity contribution in [2.45, 2.75) is 6.54 Å². The molecular formula is C18H19Cl2N3O2. The van der Waals surface area contributed by atoms with E-state index in [0.717, 1.165) is 5.56 Å². The lowest BCUT2D eigenvalue weighted by atomic mass is 10.1. The van der Waals surface area contributed by atoms with Crippen molar-refractivity contribution in [3.63, 3.8) is 0 Å². The molecule has 0 unspecified atom stereocenters. The molecule has 5 nitrogen and oxygen atoms in total. The molecule has 0 atom stereocenters. The molecule has 7 heteroatoms. The maximum Gasteiger partial charge on any atom is 0.251 e. The highest BCUT2D eigenvalue weighted by molar-refractivity contribution is 6.44. The van der Waals surface area contributed by atoms with E-state index in [9.17, 15) is 9.59 Å². The van der Waals surface area contributed by atoms with Crippen molar-refractivity contribution in [3.05, 3.63) is 63.6 Å². The molecule has 0 aliphatic rings. The molecule has 0 aliphatic heterocycles. The topological polar surface area (TPSA) is 61.4 Å². The number of benzene rings is 2. The van der Waals surface area contributed by atoms with Crippen LogP contribution in [-0.4, -0.2) is 37.4 Å². The fourth-order valence-electron chi connectivity index (χ4n) is 2.31. The summed E-state index contributed by atoms with van der Waals surface area (Å²) in [6.45, 7) is 0.769. The van der Waals surface area contributed by atoms with Gasteiger partial charge in [0.25, 0.3) is 5.91 Å². The molecule has 2 amide bonds. The number of likely N-dealkylation sites (N-methyl/N-ethyl adjacent to an activating group) is 1. The van der Waals surface area contributed by atoms with E-state index in [0.29, 0.717) is 27.8 Å². The van der Waals surface area contributed by atoms with Gasteiger partial charge in [0.2, 0.25) is 5.91 Å². The Bertz CT molecular complexity index is 763. The maximum absolute atomic E-state index is 12.2. The Kier molecular flexibility index (Phi) is 6.82. The van der Waals surface area contributed by atoms with Gasteiger partial charge in [-0.15, -0.1) is 0 Å². The summed E-state index contributed by atoms with van der Waals surface area (Å²) in [6, 6.07) is 12.3. The molecule has 0 saturated heterocycles. The number of nitrogens with zero attached hydrogens (tertiary/aromatic N) is 1. The van der Waals surface area contributed by atoms with E-state index in [4.69, 9.17) is 23.2 Å². The summed E-state index contributed by atoms with van der Waals surface area (Å²) in [5, 5.41) is 6.04. The first kappa shape index (κ1) is 19.2. The summed E-state index contributed by atoms with van der Waals surface area (Å²) in [6.07, 6.45) is 0. The van der Waals surface area contributed by atoms with Gasteiger partial charge in [0.15, 0.2) is 0 Å². The molecule has 2 rings (SSSR count). The van der Waals surface area contributed by atoms with Crippen LogP contribution < -0.4 is 10.6 Å². The third-order valence-corrected chi connectivity index (χ3v) is 4.35. The molecule has 0 bridgehead atoms. The molecule has 25 heavy (non-hydrogen) atoms. The number of hydrogen-bond acceptors (Lipinski definition) is 3. The second kappa shape index (κ2) is 8.85. The van der Waals surface area contributed by atoms with E-state index in [2.05, 4.69) is 10.6 Å². The van der Waals surface area contributed by atoms with Gasteiger partial charge >= 0.3 is 0 Å². The zero-order valence-electron chi connectivity index (χ0n) is 14.0. The van der Waals surface area contributed by atoms with Crippen molar-refractivity contribution in [2.24, 2.45) is 0 Å². The molecule has 2 aromatic carbocycles. The number of rotatable bonds is 6. The fourth-order valence-corrected chi connectivity index (χ4v) is 2.66. The van der Waals surface area contributed by atoms with Crippen LogP contribution in [0.2, 0.25) is 10.0 Å². The van der Waals surface area contributed by atoms with Crippen LogP contribution in [0.1, 0.15) is 15.9 Å². The summed E-state index contributed by atoms with van der Waals surface area (Å²) < 4.78 is 0. The minimum Gasteiger partial charge on any atom is -0.355 e. The van der Waals surface area contributed by atoms with Crippen LogP contribution >= 0.6 is 23.2 Å². The molecule has 2 aromatic rings. The molecule has 2 N–H and O–H groups in total. The Hall–Kier alpha value is -2.08. The Morgan fingerprint density at radius 2 is 1.76 bits per heavy atom. The first-order valence-corrected chi connectivity index (χ1v) is 8.39. The molecule has 0 spiro atoms. The Morgan fingerprint density at radius 1 is 1.08 bits per heavy atom. The summed E-state index contributed by atoms with van der Waals surface area (Å²) in [5.41, 5.74) is 2.09. The third-order valence-electron chi connectivity index (χ3n) is 3.53. The van der Waals surface area contributed by atoms with E-state index < -0.39 is 0 Å². The van der Waals surface area contributed by atoms with Gasteiger partial charge in [-0.2, -0.15) is 0 Å². The summed E-state index contributed by atoms with van der Waals surface area (Å²) in [7, 11) is 3.43. The van der Waals surface area contributed by atoms with Crippen molar-refractivity contribution in [1.82, 2.24) is 10.2 Å². The van der Waals surface area contributed by atoms with Gasteiger partial charge in [-0.3, -0.25) is 14.5 Å². The molecule has 0 fully saturated rings. The number of anilines is 1. The zero-order valence-corrected chi connectivity index (χ0v) is 15.5. The predicted octanol–water partition coefficient (Wildman–Crippen LogP) is 3.42. The second-order valence-corrected chi connectivity index (χ2v) is 6.38. The van der Waals surface area contributed by atoms with Crippen molar-refractivity contribution in [2.75, 3.05) is 26.0 Å². The van der Waals surface area contributed by atoms with Crippen LogP contribution in [0.5, 0.6) is 0 Å². The first-order valence-electron chi connectivity index (χ1n) is 7.64. The SMILES string of the molecule is CNC(=O)c1ccc(CN(C)CC(=O)Nc2cccc(Cl)c2Cl)cc1. The molecule has 0 aliphatic carbocycles. The highest BCUT2D eigenvalue weighted by atomic mass is 35.5. The summed E-state index contributed by atoms with van der Waals surface area (Å²) >= 11 is 12.0. The van der Waals surface area contributed by atoms with Crippen LogP contribution in [0.15, 0.2) is 42.5 Å². The van der Waals surface area contributed by atoms with Crippen LogP contribution in [0.4, 0.5) is 5.69 Å². The second-order valence-electron chi connectivity index (χ2n) is 5.60. The van der Waals surface area contributed by atoms with Crippen LogP contribution in [0.3, 0.4) is 0 Å². The maximum atomic E-state index is 12.2. The Morgan fingerprint density at radius 3 is 2.40 bits per heavy atom. The lowest BCUT2D eigenvalue weighted by Gasteiger charge is -2.17. The Labute approximate surface area is 156 Å². The average molecular weight is 380 g/mol. The Balaban J connectivity index is 1.91. The minimum absolute atomic E-state index is 0.127. The predicted molar refractivity (Wildman–Crippen MR) is 101 cm³/mol. The van der Waals surface area contributed by atoms with Gasteiger partial charge in [0, 0.05) is 19.2 Å². The van der Waals surface area contributed by atoms with Crippen LogP contribution in [0, 0.1) is 0 Å².